The van der Waals surface area contributed by atoms with Crippen LogP contribution in [0.5, 0.6) is 0 Å². The van der Waals surface area contributed by atoms with Crippen LogP contribution in [0.3, 0.4) is 0 Å². The molecular formula is C12H12ClF3N2O. The second-order valence-corrected chi connectivity index (χ2v) is 4.94. The fraction of sp³-hybridized carbons (Fsp3) is 0.500. The number of hydrogen-bond acceptors (Lipinski definition) is 2. The number of carbonyl (C=O) groups excluding carboxylic acids is 1. The van der Waals surface area contributed by atoms with E-state index in [0.29, 0.717) is 12.1 Å². The highest BCUT2D eigenvalue weighted by Gasteiger charge is 2.64. The molecule has 1 heterocycles. The quantitative estimate of drug-likeness (QED) is 0.870. The molecule has 1 aromatic rings. The van der Waals surface area contributed by atoms with Crippen LogP contribution in [-0.4, -0.2) is 22.6 Å². The fourth-order valence-corrected chi connectivity index (χ4v) is 1.98. The number of carbonyl (C=O) groups is 1. The third kappa shape index (κ3) is 2.83. The summed E-state index contributed by atoms with van der Waals surface area (Å²) in [6.07, 6.45) is -4.04. The van der Waals surface area contributed by atoms with Crippen LogP contribution in [0.4, 0.5) is 13.2 Å². The fourth-order valence-electron chi connectivity index (χ4n) is 1.76. The molecule has 1 aliphatic rings. The molecule has 7 heteroatoms. The summed E-state index contributed by atoms with van der Waals surface area (Å²) in [5.74, 6) is -0.770. The van der Waals surface area contributed by atoms with Crippen LogP contribution in [0.1, 0.15) is 35.8 Å². The van der Waals surface area contributed by atoms with Crippen LogP contribution < -0.4 is 5.32 Å². The second-order valence-electron chi connectivity index (χ2n) is 4.56. The summed E-state index contributed by atoms with van der Waals surface area (Å²) in [7, 11) is 0. The van der Waals surface area contributed by atoms with Gasteiger partial charge in [0.25, 0.3) is 5.91 Å². The molecule has 19 heavy (non-hydrogen) atoms. The Kier molecular flexibility index (Phi) is 3.47. The van der Waals surface area contributed by atoms with Crippen molar-refractivity contribution in [3.05, 3.63) is 28.5 Å². The number of amides is 1. The van der Waals surface area contributed by atoms with Crippen molar-refractivity contribution in [3.63, 3.8) is 0 Å². The highest BCUT2D eigenvalue weighted by atomic mass is 35.5. The van der Waals surface area contributed by atoms with Gasteiger partial charge in [-0.2, -0.15) is 13.2 Å². The molecular weight excluding hydrogens is 281 g/mol. The Bertz CT molecular complexity index is 512. The van der Waals surface area contributed by atoms with Gasteiger partial charge in [-0.25, -0.2) is 4.98 Å². The monoisotopic (exact) mass is 292 g/mol. The first-order valence-corrected chi connectivity index (χ1v) is 6.21. The third-order valence-electron chi connectivity index (χ3n) is 3.12. The summed E-state index contributed by atoms with van der Waals surface area (Å²) in [4.78, 5) is 15.8. The minimum atomic E-state index is -4.42. The van der Waals surface area contributed by atoms with Gasteiger partial charge in [0, 0.05) is 11.3 Å². The molecule has 0 atom stereocenters. The van der Waals surface area contributed by atoms with E-state index < -0.39 is 17.6 Å². The zero-order valence-electron chi connectivity index (χ0n) is 10.1. The van der Waals surface area contributed by atoms with Crippen molar-refractivity contribution in [1.29, 1.82) is 0 Å². The number of nitrogens with one attached hydrogen (secondary N) is 1. The molecule has 0 unspecified atom stereocenters. The smallest absolute Gasteiger partial charge is 0.338 e. The Morgan fingerprint density at radius 3 is 2.58 bits per heavy atom. The van der Waals surface area contributed by atoms with Gasteiger partial charge >= 0.3 is 6.18 Å². The molecule has 0 aromatic carbocycles. The lowest BCUT2D eigenvalue weighted by molar-refractivity contribution is -0.163. The zero-order valence-corrected chi connectivity index (χ0v) is 10.9. The van der Waals surface area contributed by atoms with Crippen molar-refractivity contribution in [2.75, 3.05) is 0 Å². The molecule has 0 spiro atoms. The summed E-state index contributed by atoms with van der Waals surface area (Å²) in [6.45, 7) is 1.82. The molecule has 104 valence electrons. The average molecular weight is 293 g/mol. The van der Waals surface area contributed by atoms with Crippen LogP contribution >= 0.6 is 11.6 Å². The lowest BCUT2D eigenvalue weighted by Crippen LogP contribution is -2.47. The lowest BCUT2D eigenvalue weighted by atomic mass is 10.1. The van der Waals surface area contributed by atoms with Crippen molar-refractivity contribution in [2.24, 2.45) is 0 Å². The molecule has 1 fully saturated rings. The molecule has 0 radical (unpaired) electrons. The minimum absolute atomic E-state index is 0.0817. The molecule has 1 N–H and O–H groups in total. The van der Waals surface area contributed by atoms with Crippen LogP contribution in [0.15, 0.2) is 12.1 Å². The number of pyridine rings is 1. The van der Waals surface area contributed by atoms with Gasteiger partial charge in [0.1, 0.15) is 10.7 Å². The molecule has 1 aliphatic carbocycles. The SMILES string of the molecule is CCc1cc(C(=O)NC2(C(F)(F)F)CC2)cc(Cl)n1. The maximum Gasteiger partial charge on any atom is 0.411 e. The Labute approximate surface area is 113 Å². The van der Waals surface area contributed by atoms with E-state index in [-0.39, 0.29) is 23.6 Å². The number of nitrogens with zero attached hydrogens (tertiary/aromatic N) is 1. The Balaban J connectivity index is 2.19. The van der Waals surface area contributed by atoms with E-state index in [1.54, 1.807) is 0 Å². The molecule has 0 bridgehead atoms. The summed E-state index contributed by atoms with van der Waals surface area (Å²) in [5, 5.41) is 2.15. The van der Waals surface area contributed by atoms with Gasteiger partial charge in [-0.1, -0.05) is 18.5 Å². The molecule has 1 aromatic heterocycles. The second kappa shape index (κ2) is 4.67. The van der Waals surface area contributed by atoms with Crippen molar-refractivity contribution in [2.45, 2.75) is 37.9 Å². The normalized spacial score (nSPS) is 17.1. The van der Waals surface area contributed by atoms with Gasteiger partial charge in [-0.05, 0) is 31.4 Å². The lowest BCUT2D eigenvalue weighted by Gasteiger charge is -2.20. The van der Waals surface area contributed by atoms with E-state index in [1.165, 1.54) is 12.1 Å². The Morgan fingerprint density at radius 2 is 2.11 bits per heavy atom. The van der Waals surface area contributed by atoms with Gasteiger partial charge in [-0.15, -0.1) is 0 Å². The maximum absolute atomic E-state index is 12.7. The Hall–Kier alpha value is -1.30. The topological polar surface area (TPSA) is 42.0 Å². The number of alkyl halides is 3. The first-order chi connectivity index (χ1) is 8.77. The number of rotatable bonds is 3. The van der Waals surface area contributed by atoms with E-state index in [9.17, 15) is 18.0 Å². The molecule has 1 saturated carbocycles. The van der Waals surface area contributed by atoms with Crippen molar-refractivity contribution in [3.8, 4) is 0 Å². The summed E-state index contributed by atoms with van der Waals surface area (Å²) >= 11 is 5.74. The average Bonchev–Trinajstić information content (AvgIpc) is 3.08. The molecule has 0 aliphatic heterocycles. The van der Waals surface area contributed by atoms with Gasteiger partial charge in [0.2, 0.25) is 0 Å². The van der Waals surface area contributed by atoms with Crippen LogP contribution in [-0.2, 0) is 6.42 Å². The predicted molar refractivity (Wildman–Crippen MR) is 64.1 cm³/mol. The van der Waals surface area contributed by atoms with E-state index >= 15 is 0 Å². The molecule has 0 saturated heterocycles. The van der Waals surface area contributed by atoms with Crippen molar-refractivity contribution < 1.29 is 18.0 Å². The number of hydrogen-bond donors (Lipinski definition) is 1. The number of aromatic nitrogens is 1. The highest BCUT2D eigenvalue weighted by molar-refractivity contribution is 6.29. The van der Waals surface area contributed by atoms with Gasteiger partial charge < -0.3 is 5.32 Å². The van der Waals surface area contributed by atoms with Crippen molar-refractivity contribution in [1.82, 2.24) is 10.3 Å². The van der Waals surface area contributed by atoms with Gasteiger partial charge in [0.05, 0.1) is 0 Å². The standard InChI is InChI=1S/C12H12ClF3N2O/c1-2-8-5-7(6-9(13)17-8)10(19)18-11(3-4-11)12(14,15)16/h5-6H,2-4H2,1H3,(H,18,19). The summed E-state index contributed by atoms with van der Waals surface area (Å²) in [5.41, 5.74) is -1.39. The van der Waals surface area contributed by atoms with Crippen LogP contribution in [0.2, 0.25) is 5.15 Å². The number of halogens is 4. The van der Waals surface area contributed by atoms with E-state index in [1.807, 2.05) is 6.92 Å². The highest BCUT2D eigenvalue weighted by Crippen LogP contribution is 2.49. The Morgan fingerprint density at radius 1 is 1.47 bits per heavy atom. The largest absolute Gasteiger partial charge is 0.411 e. The third-order valence-corrected chi connectivity index (χ3v) is 3.31. The van der Waals surface area contributed by atoms with Gasteiger partial charge in [-0.3, -0.25) is 4.79 Å². The van der Waals surface area contributed by atoms with Gasteiger partial charge in [0.15, 0.2) is 0 Å². The summed E-state index contributed by atoms with van der Waals surface area (Å²) in [6, 6.07) is 2.72. The van der Waals surface area contributed by atoms with Crippen LogP contribution in [0, 0.1) is 0 Å². The molecule has 2 rings (SSSR count). The van der Waals surface area contributed by atoms with E-state index in [2.05, 4.69) is 10.3 Å². The predicted octanol–water partition coefficient (Wildman–Crippen LogP) is 3.12. The van der Waals surface area contributed by atoms with Crippen LogP contribution in [0.25, 0.3) is 0 Å². The van der Waals surface area contributed by atoms with E-state index in [0.717, 1.165) is 0 Å². The summed E-state index contributed by atoms with van der Waals surface area (Å²) < 4.78 is 38.2. The molecule has 3 nitrogen and oxygen atoms in total. The zero-order chi connectivity index (χ0) is 14.3. The van der Waals surface area contributed by atoms with Crippen molar-refractivity contribution >= 4 is 17.5 Å². The minimum Gasteiger partial charge on any atom is -0.338 e. The first kappa shape index (κ1) is 14.1. The molecule has 1 amide bonds. The maximum atomic E-state index is 12.7. The van der Waals surface area contributed by atoms with E-state index in [4.69, 9.17) is 11.6 Å². The first-order valence-electron chi connectivity index (χ1n) is 5.83. The number of aryl methyl sites for hydroxylation is 1.